The van der Waals surface area contributed by atoms with E-state index in [0.29, 0.717) is 24.2 Å². The Bertz CT molecular complexity index is 705. The third-order valence-electron chi connectivity index (χ3n) is 8.28. The van der Waals surface area contributed by atoms with Gasteiger partial charge in [-0.1, -0.05) is 31.1 Å². The van der Waals surface area contributed by atoms with Gasteiger partial charge in [-0.3, -0.25) is 9.59 Å². The Hall–Kier alpha value is -1.42. The summed E-state index contributed by atoms with van der Waals surface area (Å²) in [5.41, 5.74) is 2.68. The van der Waals surface area contributed by atoms with Crippen molar-refractivity contribution in [1.29, 1.82) is 0 Å². The molecule has 142 valence electrons. The molecule has 4 nitrogen and oxygen atoms in total. The summed E-state index contributed by atoms with van der Waals surface area (Å²) in [6, 6.07) is 0. The van der Waals surface area contributed by atoms with Crippen LogP contribution in [0.1, 0.15) is 65.2 Å². The Morgan fingerprint density at radius 1 is 1.27 bits per heavy atom. The van der Waals surface area contributed by atoms with Crippen LogP contribution in [0, 0.1) is 28.6 Å². The Morgan fingerprint density at radius 3 is 2.77 bits per heavy atom. The van der Waals surface area contributed by atoms with Crippen LogP contribution in [-0.2, 0) is 9.59 Å². The maximum Gasteiger partial charge on any atom is 0.303 e. The van der Waals surface area contributed by atoms with Crippen molar-refractivity contribution in [3.05, 3.63) is 23.3 Å². The molecule has 4 aliphatic carbocycles. The van der Waals surface area contributed by atoms with E-state index in [-0.39, 0.29) is 23.0 Å². The third-order valence-corrected chi connectivity index (χ3v) is 8.28. The number of rotatable bonds is 3. The summed E-state index contributed by atoms with van der Waals surface area (Å²) in [4.78, 5) is 23.0. The summed E-state index contributed by atoms with van der Waals surface area (Å²) in [5.74, 6) is 0.793. The number of ketones is 1. The number of allylic oxidation sites excluding steroid dienone is 3. The average molecular weight is 358 g/mol. The zero-order chi connectivity index (χ0) is 18.7. The molecule has 0 heterocycles. The van der Waals surface area contributed by atoms with Gasteiger partial charge in [-0.05, 0) is 74.2 Å². The van der Waals surface area contributed by atoms with Crippen molar-refractivity contribution in [1.82, 2.24) is 0 Å². The Kier molecular flexibility index (Phi) is 4.18. The van der Waals surface area contributed by atoms with Crippen molar-refractivity contribution in [3.8, 4) is 0 Å². The van der Waals surface area contributed by atoms with Crippen LogP contribution >= 0.6 is 0 Å². The highest BCUT2D eigenvalue weighted by Crippen LogP contribution is 2.65. The molecule has 0 saturated heterocycles. The van der Waals surface area contributed by atoms with Crippen molar-refractivity contribution in [3.63, 3.8) is 0 Å². The maximum atomic E-state index is 12.0. The highest BCUT2D eigenvalue weighted by atomic mass is 16.4. The van der Waals surface area contributed by atoms with E-state index in [0.717, 1.165) is 32.1 Å². The lowest BCUT2D eigenvalue weighted by Crippen LogP contribution is -2.46. The van der Waals surface area contributed by atoms with E-state index in [1.165, 1.54) is 17.6 Å². The highest BCUT2D eigenvalue weighted by molar-refractivity contribution is 5.95. The van der Waals surface area contributed by atoms with Crippen LogP contribution in [0.15, 0.2) is 23.3 Å². The molecule has 0 radical (unpaired) electrons. The molecule has 4 aliphatic rings. The van der Waals surface area contributed by atoms with Gasteiger partial charge in [0.15, 0.2) is 5.78 Å². The number of aliphatic hydroxyl groups is 1. The Morgan fingerprint density at radius 2 is 2.04 bits per heavy atom. The van der Waals surface area contributed by atoms with E-state index < -0.39 is 12.1 Å². The molecule has 26 heavy (non-hydrogen) atoms. The van der Waals surface area contributed by atoms with Gasteiger partial charge in [0.2, 0.25) is 0 Å². The average Bonchev–Trinajstić information content (AvgIpc) is 2.91. The molecule has 4 heteroatoms. The van der Waals surface area contributed by atoms with Gasteiger partial charge in [-0.15, -0.1) is 0 Å². The van der Waals surface area contributed by atoms with Gasteiger partial charge in [0.05, 0.1) is 0 Å². The van der Waals surface area contributed by atoms with Gasteiger partial charge in [0.1, 0.15) is 6.10 Å². The Labute approximate surface area is 155 Å². The van der Waals surface area contributed by atoms with Crippen molar-refractivity contribution in [2.45, 2.75) is 71.3 Å². The van der Waals surface area contributed by atoms with Crippen molar-refractivity contribution < 1.29 is 19.8 Å². The first-order chi connectivity index (χ1) is 12.3. The number of aliphatic hydroxyl groups excluding tert-OH is 1. The molecule has 2 fully saturated rings. The second-order valence-corrected chi connectivity index (χ2v) is 9.45. The summed E-state index contributed by atoms with van der Waals surface area (Å²) in [5, 5.41) is 19.3. The van der Waals surface area contributed by atoms with E-state index in [2.05, 4.69) is 19.9 Å². The minimum absolute atomic E-state index is 0.133. The molecular weight excluding hydrogens is 328 g/mol. The number of fused-ring (bicyclic) bond motifs is 5. The highest BCUT2D eigenvalue weighted by Gasteiger charge is 2.56. The molecule has 0 bridgehead atoms. The largest absolute Gasteiger partial charge is 0.481 e. The first-order valence-electron chi connectivity index (χ1n) is 10.1. The van der Waals surface area contributed by atoms with Crippen molar-refractivity contribution in [2.75, 3.05) is 0 Å². The van der Waals surface area contributed by atoms with Gasteiger partial charge in [0.25, 0.3) is 0 Å². The minimum Gasteiger partial charge on any atom is -0.481 e. The summed E-state index contributed by atoms with van der Waals surface area (Å²) in [6.07, 6.45) is 10.2. The maximum absolute atomic E-state index is 12.0. The number of aliphatic carboxylic acids is 1. The van der Waals surface area contributed by atoms with Crippen LogP contribution in [0.4, 0.5) is 0 Å². The second-order valence-electron chi connectivity index (χ2n) is 9.45. The van der Waals surface area contributed by atoms with E-state index in [1.54, 1.807) is 6.08 Å². The molecule has 6 atom stereocenters. The lowest BCUT2D eigenvalue weighted by molar-refractivity contribution is -0.137. The molecule has 0 spiro atoms. The van der Waals surface area contributed by atoms with Gasteiger partial charge in [0, 0.05) is 11.8 Å². The van der Waals surface area contributed by atoms with Crippen LogP contribution in [-0.4, -0.2) is 28.1 Å². The number of carbonyl (C=O) groups is 2. The molecule has 0 aliphatic heterocycles. The van der Waals surface area contributed by atoms with Gasteiger partial charge < -0.3 is 10.2 Å². The van der Waals surface area contributed by atoms with Crippen LogP contribution in [0.3, 0.4) is 0 Å². The van der Waals surface area contributed by atoms with E-state index in [1.807, 2.05) is 0 Å². The molecule has 1 unspecified atom stereocenters. The van der Waals surface area contributed by atoms with Gasteiger partial charge >= 0.3 is 5.97 Å². The summed E-state index contributed by atoms with van der Waals surface area (Å²) >= 11 is 0. The molecular formula is C22H30O4. The predicted molar refractivity (Wildman–Crippen MR) is 98.4 cm³/mol. The smallest absolute Gasteiger partial charge is 0.303 e. The molecule has 0 amide bonds. The number of hydrogen-bond acceptors (Lipinski definition) is 3. The van der Waals surface area contributed by atoms with Crippen LogP contribution < -0.4 is 0 Å². The molecule has 0 aromatic heterocycles. The first-order valence-corrected chi connectivity index (χ1v) is 10.1. The van der Waals surface area contributed by atoms with Crippen LogP contribution in [0.25, 0.3) is 0 Å². The summed E-state index contributed by atoms with van der Waals surface area (Å²) in [7, 11) is 0. The quantitative estimate of drug-likeness (QED) is 0.751. The monoisotopic (exact) mass is 358 g/mol. The van der Waals surface area contributed by atoms with E-state index >= 15 is 0 Å². The van der Waals surface area contributed by atoms with Crippen LogP contribution in [0.5, 0.6) is 0 Å². The number of carboxylic acids is 1. The summed E-state index contributed by atoms with van der Waals surface area (Å²) in [6.45, 7) is 4.59. The minimum atomic E-state index is -0.872. The van der Waals surface area contributed by atoms with E-state index in [4.69, 9.17) is 5.11 Å². The fraction of sp³-hybridized carbons (Fsp3) is 0.727. The topological polar surface area (TPSA) is 74.6 Å². The van der Waals surface area contributed by atoms with E-state index in [9.17, 15) is 14.7 Å². The fourth-order valence-corrected chi connectivity index (χ4v) is 6.79. The fourth-order valence-electron chi connectivity index (χ4n) is 6.79. The first kappa shape index (κ1) is 18.0. The molecule has 4 rings (SSSR count). The molecule has 0 aromatic carbocycles. The van der Waals surface area contributed by atoms with Crippen LogP contribution in [0.2, 0.25) is 0 Å². The summed E-state index contributed by atoms with van der Waals surface area (Å²) < 4.78 is 0. The predicted octanol–water partition coefficient (Wildman–Crippen LogP) is 3.89. The SMILES string of the molecule is C[C@]12CC(O)C(=O)C=C1CC[C@@H]1C2=CC[C@]2(C)[C@@H](CCC(=O)O)CC[C@@H]12. The lowest BCUT2D eigenvalue weighted by atomic mass is 9.51. The Balaban J connectivity index is 1.65. The zero-order valence-corrected chi connectivity index (χ0v) is 15.8. The standard InChI is InChI=1S/C22H30O4/c1-21-10-9-17-15(16(21)7-4-13(21)5-8-20(25)26)6-3-14-11-18(23)19(24)12-22(14,17)2/h9,11,13,15-16,19,24H,3-8,10,12H2,1-2H3,(H,25,26)/t13-,15+,16+,19?,21-,22+/m1/s1. The molecule has 2 N–H and O–H groups in total. The molecule has 2 saturated carbocycles. The lowest BCUT2D eigenvalue weighted by Gasteiger charge is -2.54. The van der Waals surface area contributed by atoms with Crippen molar-refractivity contribution in [2.24, 2.45) is 28.6 Å². The zero-order valence-electron chi connectivity index (χ0n) is 15.8. The molecule has 0 aromatic rings. The van der Waals surface area contributed by atoms with Gasteiger partial charge in [-0.25, -0.2) is 0 Å². The van der Waals surface area contributed by atoms with Crippen molar-refractivity contribution >= 4 is 11.8 Å². The third kappa shape index (κ3) is 2.52. The van der Waals surface area contributed by atoms with Gasteiger partial charge in [-0.2, -0.15) is 0 Å². The second kappa shape index (κ2) is 6.05. The number of carbonyl (C=O) groups excluding carboxylic acids is 1. The number of hydrogen-bond donors (Lipinski definition) is 2. The number of carboxylic acid groups (broad SMARTS) is 1. The normalized spacial score (nSPS) is 44.5.